The van der Waals surface area contributed by atoms with Gasteiger partial charge in [-0.2, -0.15) is 0 Å². The summed E-state index contributed by atoms with van der Waals surface area (Å²) in [6, 6.07) is 8.18. The molecular formula is C15H25NO2. The van der Waals surface area contributed by atoms with Crippen molar-refractivity contribution < 1.29 is 9.84 Å². The van der Waals surface area contributed by atoms with Gasteiger partial charge in [-0.3, -0.25) is 0 Å². The van der Waals surface area contributed by atoms with Crippen LogP contribution in [0, 0.1) is 0 Å². The summed E-state index contributed by atoms with van der Waals surface area (Å²) in [4.78, 5) is 0. The van der Waals surface area contributed by atoms with Gasteiger partial charge in [0, 0.05) is 6.54 Å². The standard InChI is InChI=1S/C15H25NO2/c1-12(2)18-14-7-5-13(6-8-14)9-10-16-11-15(3,4)17/h5-8,12,16-17H,9-11H2,1-4H3. The van der Waals surface area contributed by atoms with E-state index in [1.165, 1.54) is 5.56 Å². The molecule has 0 atom stereocenters. The number of hydrogen-bond donors (Lipinski definition) is 2. The molecule has 0 fully saturated rings. The van der Waals surface area contributed by atoms with Crippen LogP contribution in [0.25, 0.3) is 0 Å². The molecule has 0 saturated carbocycles. The number of aliphatic hydroxyl groups is 1. The second-order valence-corrected chi connectivity index (χ2v) is 5.55. The van der Waals surface area contributed by atoms with E-state index in [0.29, 0.717) is 6.54 Å². The first-order chi connectivity index (χ1) is 8.37. The molecule has 0 heterocycles. The van der Waals surface area contributed by atoms with Crippen molar-refractivity contribution in [3.8, 4) is 5.75 Å². The van der Waals surface area contributed by atoms with Crippen molar-refractivity contribution in [2.75, 3.05) is 13.1 Å². The first-order valence-electron chi connectivity index (χ1n) is 6.55. The van der Waals surface area contributed by atoms with Gasteiger partial charge in [0.1, 0.15) is 5.75 Å². The molecule has 1 aromatic carbocycles. The summed E-state index contributed by atoms with van der Waals surface area (Å²) in [5.74, 6) is 0.915. The van der Waals surface area contributed by atoms with Gasteiger partial charge in [-0.25, -0.2) is 0 Å². The monoisotopic (exact) mass is 251 g/mol. The molecule has 0 aliphatic rings. The SMILES string of the molecule is CC(C)Oc1ccc(CCNCC(C)(C)O)cc1. The first-order valence-corrected chi connectivity index (χ1v) is 6.55. The maximum Gasteiger partial charge on any atom is 0.119 e. The Kier molecular flexibility index (Phi) is 5.63. The summed E-state index contributed by atoms with van der Waals surface area (Å²) >= 11 is 0. The number of nitrogens with one attached hydrogen (secondary N) is 1. The highest BCUT2D eigenvalue weighted by molar-refractivity contribution is 5.27. The van der Waals surface area contributed by atoms with E-state index in [2.05, 4.69) is 17.4 Å². The van der Waals surface area contributed by atoms with E-state index >= 15 is 0 Å². The predicted molar refractivity (Wildman–Crippen MR) is 75.1 cm³/mol. The van der Waals surface area contributed by atoms with Crippen molar-refractivity contribution in [2.24, 2.45) is 0 Å². The highest BCUT2D eigenvalue weighted by Gasteiger charge is 2.10. The summed E-state index contributed by atoms with van der Waals surface area (Å²) in [6.45, 7) is 9.13. The van der Waals surface area contributed by atoms with Gasteiger partial charge in [-0.15, -0.1) is 0 Å². The fourth-order valence-electron chi connectivity index (χ4n) is 1.63. The Hall–Kier alpha value is -1.06. The highest BCUT2D eigenvalue weighted by Crippen LogP contribution is 2.13. The molecule has 1 aromatic rings. The topological polar surface area (TPSA) is 41.5 Å². The second-order valence-electron chi connectivity index (χ2n) is 5.55. The Morgan fingerprint density at radius 1 is 1.22 bits per heavy atom. The molecule has 0 aliphatic carbocycles. The molecule has 3 nitrogen and oxygen atoms in total. The molecule has 18 heavy (non-hydrogen) atoms. The van der Waals surface area contributed by atoms with E-state index in [4.69, 9.17) is 4.74 Å². The zero-order chi connectivity index (χ0) is 13.6. The third-order valence-electron chi connectivity index (χ3n) is 2.44. The average Bonchev–Trinajstić information content (AvgIpc) is 2.24. The molecule has 0 unspecified atom stereocenters. The van der Waals surface area contributed by atoms with Gasteiger partial charge in [0.05, 0.1) is 11.7 Å². The van der Waals surface area contributed by atoms with E-state index in [-0.39, 0.29) is 6.10 Å². The van der Waals surface area contributed by atoms with Crippen LogP contribution in [0.15, 0.2) is 24.3 Å². The summed E-state index contributed by atoms with van der Waals surface area (Å²) in [6.07, 6.45) is 1.17. The molecule has 0 radical (unpaired) electrons. The van der Waals surface area contributed by atoms with Crippen LogP contribution in [0.3, 0.4) is 0 Å². The van der Waals surface area contributed by atoms with Crippen LogP contribution in [-0.2, 0) is 6.42 Å². The summed E-state index contributed by atoms with van der Waals surface area (Å²) < 4.78 is 5.59. The van der Waals surface area contributed by atoms with Crippen LogP contribution >= 0.6 is 0 Å². The second kappa shape index (κ2) is 6.76. The quantitative estimate of drug-likeness (QED) is 0.731. The molecule has 0 bridgehead atoms. The van der Waals surface area contributed by atoms with Gasteiger partial charge in [-0.1, -0.05) is 12.1 Å². The van der Waals surface area contributed by atoms with E-state index in [0.717, 1.165) is 18.7 Å². The highest BCUT2D eigenvalue weighted by atomic mass is 16.5. The third-order valence-corrected chi connectivity index (χ3v) is 2.44. The maximum absolute atomic E-state index is 9.56. The van der Waals surface area contributed by atoms with Crippen molar-refractivity contribution in [1.82, 2.24) is 5.32 Å². The lowest BCUT2D eigenvalue weighted by Gasteiger charge is -2.17. The van der Waals surface area contributed by atoms with Crippen molar-refractivity contribution in [1.29, 1.82) is 0 Å². The maximum atomic E-state index is 9.56. The Labute approximate surface area is 110 Å². The lowest BCUT2D eigenvalue weighted by molar-refractivity contribution is 0.0801. The lowest BCUT2D eigenvalue weighted by atomic mass is 10.1. The van der Waals surface area contributed by atoms with E-state index < -0.39 is 5.60 Å². The van der Waals surface area contributed by atoms with Gasteiger partial charge >= 0.3 is 0 Å². The van der Waals surface area contributed by atoms with Crippen molar-refractivity contribution in [3.05, 3.63) is 29.8 Å². The molecule has 0 spiro atoms. The van der Waals surface area contributed by atoms with Gasteiger partial charge in [0.25, 0.3) is 0 Å². The molecule has 0 aromatic heterocycles. The Balaban J connectivity index is 2.31. The van der Waals surface area contributed by atoms with E-state index in [9.17, 15) is 5.11 Å². The minimum atomic E-state index is -0.644. The van der Waals surface area contributed by atoms with Crippen LogP contribution in [0.4, 0.5) is 0 Å². The average molecular weight is 251 g/mol. The summed E-state index contributed by atoms with van der Waals surface area (Å²) in [5, 5.41) is 12.8. The zero-order valence-electron chi connectivity index (χ0n) is 11.9. The van der Waals surface area contributed by atoms with Crippen LogP contribution in [0.2, 0.25) is 0 Å². The zero-order valence-corrected chi connectivity index (χ0v) is 11.9. The van der Waals surface area contributed by atoms with Crippen LogP contribution in [0.5, 0.6) is 5.75 Å². The number of rotatable bonds is 7. The summed E-state index contributed by atoms with van der Waals surface area (Å²) in [7, 11) is 0. The van der Waals surface area contributed by atoms with Crippen LogP contribution in [0.1, 0.15) is 33.3 Å². The predicted octanol–water partition coefficient (Wildman–Crippen LogP) is 2.38. The van der Waals surface area contributed by atoms with Crippen LogP contribution < -0.4 is 10.1 Å². The third kappa shape index (κ3) is 6.62. The largest absolute Gasteiger partial charge is 0.491 e. The normalized spacial score (nSPS) is 11.9. The minimum Gasteiger partial charge on any atom is -0.491 e. The molecule has 3 heteroatoms. The van der Waals surface area contributed by atoms with Gasteiger partial charge in [-0.05, 0) is 58.4 Å². The van der Waals surface area contributed by atoms with Gasteiger partial charge in [0.15, 0.2) is 0 Å². The van der Waals surface area contributed by atoms with Crippen molar-refractivity contribution >= 4 is 0 Å². The Morgan fingerprint density at radius 3 is 2.33 bits per heavy atom. The summed E-state index contributed by atoms with van der Waals surface area (Å²) in [5.41, 5.74) is 0.629. The first kappa shape index (κ1) is 15.0. The smallest absolute Gasteiger partial charge is 0.119 e. The van der Waals surface area contributed by atoms with E-state index in [1.54, 1.807) is 13.8 Å². The molecular weight excluding hydrogens is 226 g/mol. The van der Waals surface area contributed by atoms with Gasteiger partial charge < -0.3 is 15.2 Å². The fraction of sp³-hybridized carbons (Fsp3) is 0.600. The molecule has 102 valence electrons. The van der Waals surface area contributed by atoms with Crippen molar-refractivity contribution in [3.63, 3.8) is 0 Å². The van der Waals surface area contributed by atoms with E-state index in [1.807, 2.05) is 26.0 Å². The molecule has 0 amide bonds. The number of ether oxygens (including phenoxy) is 1. The molecule has 0 saturated heterocycles. The van der Waals surface area contributed by atoms with Crippen LogP contribution in [-0.4, -0.2) is 29.9 Å². The lowest BCUT2D eigenvalue weighted by Crippen LogP contribution is -2.35. The number of hydrogen-bond acceptors (Lipinski definition) is 3. The molecule has 1 rings (SSSR count). The molecule has 0 aliphatic heterocycles. The fourth-order valence-corrected chi connectivity index (χ4v) is 1.63. The number of benzene rings is 1. The Bertz CT molecular complexity index is 339. The minimum absolute atomic E-state index is 0.212. The van der Waals surface area contributed by atoms with Crippen molar-refractivity contribution in [2.45, 2.75) is 45.8 Å². The Morgan fingerprint density at radius 2 is 1.83 bits per heavy atom. The van der Waals surface area contributed by atoms with Gasteiger partial charge in [0.2, 0.25) is 0 Å². The molecule has 2 N–H and O–H groups in total.